The summed E-state index contributed by atoms with van der Waals surface area (Å²) in [5, 5.41) is 47.3. The molecule has 2 aromatic carbocycles. The molecule has 2 aromatic rings. The highest BCUT2D eigenvalue weighted by molar-refractivity contribution is 7.38. The van der Waals surface area contributed by atoms with Gasteiger partial charge < -0.3 is 44.6 Å². The number of ether oxygens (including phenoxy) is 2. The van der Waals surface area contributed by atoms with Gasteiger partial charge in [0.2, 0.25) is 0 Å². The number of aliphatic hydroxyl groups excluding tert-OH is 3. The summed E-state index contributed by atoms with van der Waals surface area (Å²) >= 11 is 0. The van der Waals surface area contributed by atoms with E-state index in [0.717, 1.165) is 0 Å². The van der Waals surface area contributed by atoms with Gasteiger partial charge in [-0.3, -0.25) is 0 Å². The van der Waals surface area contributed by atoms with Crippen LogP contribution in [0.25, 0.3) is 0 Å². The minimum absolute atomic E-state index is 0.286. The third kappa shape index (κ3) is 9.45. The van der Waals surface area contributed by atoms with Crippen LogP contribution < -0.4 is 0 Å². The summed E-state index contributed by atoms with van der Waals surface area (Å²) in [7, 11) is -0.00431. The van der Waals surface area contributed by atoms with Crippen molar-refractivity contribution in [3.8, 4) is 0 Å². The van der Waals surface area contributed by atoms with Crippen LogP contribution in [0.15, 0.2) is 24.3 Å². The number of carbonyl (C=O) groups is 2. The summed E-state index contributed by atoms with van der Waals surface area (Å²) < 4.78 is 10.2. The van der Waals surface area contributed by atoms with Crippen molar-refractivity contribution < 1.29 is 54.2 Å². The molecule has 0 aliphatic rings. The zero-order chi connectivity index (χ0) is 38.7. The molecule has 0 saturated carbocycles. The SMILES string of the molecule is COC(=O)c1cc(C(C)(C)C)c(C(O)(c2c(C(C)(C)C)cc(C(=O)OC)cc2C(C)(C)C)C(CO)(CO)CO)c(C(C)(C)C)c1.OP(O)O. The lowest BCUT2D eigenvalue weighted by Gasteiger charge is -2.51. The molecule has 0 bridgehead atoms. The predicted molar refractivity (Wildman–Crippen MR) is 191 cm³/mol. The maximum Gasteiger partial charge on any atom is 0.337 e. The molecule has 2 rings (SSSR count). The normalized spacial score (nSPS) is 13.2. The van der Waals surface area contributed by atoms with Crippen LogP contribution in [0.2, 0.25) is 0 Å². The fourth-order valence-corrected chi connectivity index (χ4v) is 6.05. The number of esters is 2. The van der Waals surface area contributed by atoms with Gasteiger partial charge in [0, 0.05) is 0 Å². The maximum atomic E-state index is 13.9. The predicted octanol–water partition coefficient (Wildman–Crippen LogP) is 4.84. The fraction of sp³-hybridized carbons (Fsp3) is 0.622. The van der Waals surface area contributed by atoms with Crippen molar-refractivity contribution >= 4 is 20.5 Å². The van der Waals surface area contributed by atoms with Gasteiger partial charge in [-0.2, -0.15) is 0 Å². The smallest absolute Gasteiger partial charge is 0.337 e. The summed E-state index contributed by atoms with van der Waals surface area (Å²) in [5.74, 6) is -1.10. The molecule has 0 aliphatic carbocycles. The van der Waals surface area contributed by atoms with Crippen LogP contribution in [0.5, 0.6) is 0 Å². The van der Waals surface area contributed by atoms with Crippen molar-refractivity contribution in [1.29, 1.82) is 0 Å². The van der Waals surface area contributed by atoms with Gasteiger partial charge in [0.1, 0.15) is 5.60 Å². The van der Waals surface area contributed by atoms with Crippen molar-refractivity contribution in [2.24, 2.45) is 5.41 Å². The molecule has 0 amide bonds. The summed E-state index contributed by atoms with van der Waals surface area (Å²) in [6.07, 6.45) is 0. The first-order valence-electron chi connectivity index (χ1n) is 16.0. The molecule has 0 radical (unpaired) electrons. The summed E-state index contributed by atoms with van der Waals surface area (Å²) in [6, 6.07) is 6.76. The van der Waals surface area contributed by atoms with E-state index in [1.807, 2.05) is 83.1 Å². The molecule has 7 N–H and O–H groups in total. The number of benzene rings is 2. The van der Waals surface area contributed by atoms with E-state index >= 15 is 0 Å². The quantitative estimate of drug-likeness (QED) is 0.146. The first kappa shape index (κ1) is 44.6. The third-order valence-electron chi connectivity index (χ3n) is 8.75. The Hall–Kier alpha value is -2.47. The second-order valence-corrected chi connectivity index (χ2v) is 17.1. The minimum atomic E-state index is -2.62. The van der Waals surface area contributed by atoms with E-state index < -0.39 is 73.0 Å². The number of carbonyl (C=O) groups excluding carboxylic acids is 2. The largest absolute Gasteiger partial charge is 0.465 e. The van der Waals surface area contributed by atoms with E-state index in [4.69, 9.17) is 24.2 Å². The average Bonchev–Trinajstić information content (AvgIpc) is 2.97. The van der Waals surface area contributed by atoms with E-state index in [9.17, 15) is 30.0 Å². The van der Waals surface area contributed by atoms with Gasteiger partial charge in [-0.25, -0.2) is 9.59 Å². The van der Waals surface area contributed by atoms with E-state index in [2.05, 4.69) is 0 Å². The van der Waals surface area contributed by atoms with Gasteiger partial charge in [0.05, 0.1) is 50.6 Å². The Balaban J connectivity index is 0.00000283. The van der Waals surface area contributed by atoms with E-state index in [1.54, 1.807) is 24.3 Å². The lowest BCUT2D eigenvalue weighted by Crippen LogP contribution is -2.57. The molecular formula is C37H59O11P. The Kier molecular flexibility index (Phi) is 14.4. The Bertz CT molecular complexity index is 1290. The second kappa shape index (κ2) is 15.8. The Morgan fingerprint density at radius 1 is 0.551 bits per heavy atom. The zero-order valence-corrected chi connectivity index (χ0v) is 32.5. The third-order valence-corrected chi connectivity index (χ3v) is 8.75. The van der Waals surface area contributed by atoms with Gasteiger partial charge in [0.15, 0.2) is 0 Å². The van der Waals surface area contributed by atoms with Crippen LogP contribution >= 0.6 is 8.60 Å². The second-order valence-electron chi connectivity index (χ2n) is 16.6. The van der Waals surface area contributed by atoms with Crippen molar-refractivity contribution in [3.63, 3.8) is 0 Å². The van der Waals surface area contributed by atoms with Gasteiger partial charge in [-0.15, -0.1) is 0 Å². The number of aliphatic hydroxyl groups is 4. The van der Waals surface area contributed by atoms with Crippen LogP contribution in [0.3, 0.4) is 0 Å². The highest BCUT2D eigenvalue weighted by Gasteiger charge is 2.58. The molecule has 0 aromatic heterocycles. The molecule has 0 aliphatic heterocycles. The van der Waals surface area contributed by atoms with Crippen LogP contribution in [0.4, 0.5) is 0 Å². The Morgan fingerprint density at radius 3 is 0.898 bits per heavy atom. The van der Waals surface area contributed by atoms with Crippen LogP contribution in [-0.2, 0) is 36.7 Å². The summed E-state index contributed by atoms with van der Waals surface area (Å²) in [5.41, 5.74) is -3.30. The molecule has 49 heavy (non-hydrogen) atoms. The molecule has 0 atom stereocenters. The topological polar surface area (TPSA) is 194 Å². The highest BCUT2D eigenvalue weighted by atomic mass is 31.2. The van der Waals surface area contributed by atoms with Gasteiger partial charge in [0.25, 0.3) is 0 Å². The molecule has 0 fully saturated rings. The lowest BCUT2D eigenvalue weighted by molar-refractivity contribution is -0.138. The molecule has 12 heteroatoms. The first-order chi connectivity index (χ1) is 22.0. The molecule has 0 saturated heterocycles. The van der Waals surface area contributed by atoms with Crippen molar-refractivity contribution in [3.05, 3.63) is 68.8 Å². The van der Waals surface area contributed by atoms with Gasteiger partial charge in [-0.1, -0.05) is 83.1 Å². The van der Waals surface area contributed by atoms with Crippen LogP contribution in [-0.4, -0.2) is 81.1 Å². The van der Waals surface area contributed by atoms with E-state index in [1.165, 1.54) is 14.2 Å². The number of methoxy groups -OCH3 is 2. The maximum absolute atomic E-state index is 13.9. The average molecular weight is 711 g/mol. The van der Waals surface area contributed by atoms with E-state index in [-0.39, 0.29) is 11.1 Å². The summed E-state index contributed by atoms with van der Waals surface area (Å²) in [6.45, 7) is 21.1. The Labute approximate surface area is 292 Å². The monoisotopic (exact) mass is 710 g/mol. The zero-order valence-electron chi connectivity index (χ0n) is 31.6. The number of hydrogen-bond donors (Lipinski definition) is 7. The lowest BCUT2D eigenvalue weighted by atomic mass is 9.56. The fourth-order valence-electron chi connectivity index (χ4n) is 6.05. The van der Waals surface area contributed by atoms with E-state index in [0.29, 0.717) is 33.4 Å². The molecule has 0 heterocycles. The Morgan fingerprint density at radius 2 is 0.755 bits per heavy atom. The number of rotatable bonds is 8. The summed E-state index contributed by atoms with van der Waals surface area (Å²) in [4.78, 5) is 47.7. The minimum Gasteiger partial charge on any atom is -0.465 e. The number of hydrogen-bond acceptors (Lipinski definition) is 11. The van der Waals surface area contributed by atoms with Crippen LogP contribution in [0, 0.1) is 5.41 Å². The first-order valence-corrected chi connectivity index (χ1v) is 17.2. The standard InChI is InChI=1S/C37H56O8.H3O3P/c1-32(2,3)24-15-22(30(41)44-13)16-25(33(4,5)6)28(24)37(43,36(19-38,20-39)21-40)29-26(34(7,8)9)17-23(31(42)45-14)18-27(29)35(10,11)12;1-4(2)3/h15-18,38-40,43H,19-21H2,1-14H3;1-3H. The highest BCUT2D eigenvalue weighted by Crippen LogP contribution is 2.55. The van der Waals surface area contributed by atoms with Crippen LogP contribution in [0.1, 0.15) is 137 Å². The molecule has 0 spiro atoms. The van der Waals surface area contributed by atoms with Gasteiger partial charge >= 0.3 is 20.5 Å². The van der Waals surface area contributed by atoms with Crippen molar-refractivity contribution in [1.82, 2.24) is 0 Å². The molecule has 0 unspecified atom stereocenters. The molecule has 11 nitrogen and oxygen atoms in total. The van der Waals surface area contributed by atoms with Crippen molar-refractivity contribution in [2.45, 2.75) is 110 Å². The molecule has 278 valence electrons. The molecular weight excluding hydrogens is 651 g/mol. The van der Waals surface area contributed by atoms with Crippen molar-refractivity contribution in [2.75, 3.05) is 34.0 Å². The van der Waals surface area contributed by atoms with Gasteiger partial charge in [-0.05, 0) is 79.3 Å².